The van der Waals surface area contributed by atoms with Gasteiger partial charge in [-0.1, -0.05) is 30.3 Å². The van der Waals surface area contributed by atoms with E-state index in [0.717, 1.165) is 24.8 Å². The number of nitrogens with zero attached hydrogens (tertiary/aromatic N) is 1. The molecule has 1 aromatic carbocycles. The van der Waals surface area contributed by atoms with Crippen molar-refractivity contribution in [2.75, 3.05) is 20.2 Å². The molecule has 1 heterocycles. The zero-order valence-corrected chi connectivity index (χ0v) is 18.9. The minimum absolute atomic E-state index is 0.129. The summed E-state index contributed by atoms with van der Waals surface area (Å²) in [5, 5.41) is 2.61. The molecule has 31 heavy (non-hydrogen) atoms. The highest BCUT2D eigenvalue weighted by Crippen LogP contribution is 2.24. The van der Waals surface area contributed by atoms with Crippen LogP contribution >= 0.6 is 0 Å². The van der Waals surface area contributed by atoms with Gasteiger partial charge in [0.2, 0.25) is 0 Å². The zero-order valence-electron chi connectivity index (χ0n) is 18.9. The second-order valence-electron chi connectivity index (χ2n) is 8.77. The highest BCUT2D eigenvalue weighted by molar-refractivity contribution is 5.81. The second kappa shape index (κ2) is 11.6. The Hall–Kier alpha value is -2.77. The maximum absolute atomic E-state index is 12.2. The summed E-state index contributed by atoms with van der Waals surface area (Å²) in [6, 6.07) is 8.56. The van der Waals surface area contributed by atoms with Crippen LogP contribution in [-0.2, 0) is 25.6 Å². The summed E-state index contributed by atoms with van der Waals surface area (Å²) in [6.45, 7) is 6.92. The molecule has 1 aliphatic rings. The largest absolute Gasteiger partial charge is 0.467 e. The molecule has 1 atom stereocenters. The van der Waals surface area contributed by atoms with Crippen LogP contribution in [0.15, 0.2) is 30.3 Å². The monoisotopic (exact) mass is 434 g/mol. The lowest BCUT2D eigenvalue weighted by molar-refractivity contribution is -0.143. The summed E-state index contributed by atoms with van der Waals surface area (Å²) in [4.78, 5) is 38.1. The van der Waals surface area contributed by atoms with Gasteiger partial charge in [-0.2, -0.15) is 0 Å². The summed E-state index contributed by atoms with van der Waals surface area (Å²) in [7, 11) is 1.30. The number of ether oxygens (including phenoxy) is 3. The molecule has 0 radical (unpaired) electrons. The predicted octanol–water partition coefficient (Wildman–Crippen LogP) is 3.88. The first-order valence-corrected chi connectivity index (χ1v) is 10.7. The van der Waals surface area contributed by atoms with Crippen molar-refractivity contribution in [1.29, 1.82) is 0 Å². The fourth-order valence-corrected chi connectivity index (χ4v) is 3.43. The number of esters is 1. The second-order valence-corrected chi connectivity index (χ2v) is 8.77. The van der Waals surface area contributed by atoms with Crippen molar-refractivity contribution in [2.45, 2.75) is 64.7 Å². The van der Waals surface area contributed by atoms with E-state index in [1.54, 1.807) is 4.90 Å². The lowest BCUT2D eigenvalue weighted by Crippen LogP contribution is -2.43. The molecular weight excluding hydrogens is 400 g/mol. The number of alkyl carbamates (subject to hydrolysis) is 1. The van der Waals surface area contributed by atoms with E-state index < -0.39 is 23.7 Å². The van der Waals surface area contributed by atoms with Gasteiger partial charge in [-0.15, -0.1) is 0 Å². The summed E-state index contributed by atoms with van der Waals surface area (Å²) in [5.41, 5.74) is 0.353. The molecule has 0 bridgehead atoms. The van der Waals surface area contributed by atoms with Gasteiger partial charge in [0.1, 0.15) is 18.2 Å². The molecule has 0 spiro atoms. The van der Waals surface area contributed by atoms with E-state index in [0.29, 0.717) is 25.4 Å². The summed E-state index contributed by atoms with van der Waals surface area (Å²) in [6.07, 6.45) is 1.89. The van der Waals surface area contributed by atoms with Crippen molar-refractivity contribution < 1.29 is 28.6 Å². The molecule has 1 fully saturated rings. The quantitative estimate of drug-likeness (QED) is 0.517. The molecule has 0 saturated carbocycles. The van der Waals surface area contributed by atoms with Gasteiger partial charge in [0.15, 0.2) is 0 Å². The Labute approximate surface area is 184 Å². The zero-order chi connectivity index (χ0) is 22.9. The number of methoxy groups -OCH3 is 1. The fraction of sp³-hybridized carbons (Fsp3) is 0.609. The van der Waals surface area contributed by atoms with Crippen molar-refractivity contribution >= 4 is 18.2 Å². The number of hydrogen-bond donors (Lipinski definition) is 1. The number of carbonyl (C=O) groups is 3. The van der Waals surface area contributed by atoms with E-state index in [4.69, 9.17) is 14.2 Å². The number of likely N-dealkylation sites (tertiary alicyclic amines) is 1. The van der Waals surface area contributed by atoms with Crippen molar-refractivity contribution in [2.24, 2.45) is 5.92 Å². The SMILES string of the molecule is COC(=O)C(CCC1CCN(C(=O)OC(C)(C)C)CC1)NC(=O)OCc1ccccc1. The van der Waals surface area contributed by atoms with Gasteiger partial charge < -0.3 is 24.4 Å². The topological polar surface area (TPSA) is 94.2 Å². The number of hydrogen-bond acceptors (Lipinski definition) is 6. The Morgan fingerprint density at radius 2 is 1.77 bits per heavy atom. The third kappa shape index (κ3) is 8.86. The minimum atomic E-state index is -0.767. The van der Waals surface area contributed by atoms with Crippen LogP contribution in [-0.4, -0.2) is 54.9 Å². The molecule has 1 aromatic rings. The Kier molecular flexibility index (Phi) is 9.15. The van der Waals surface area contributed by atoms with Crippen molar-refractivity contribution in [3.63, 3.8) is 0 Å². The molecule has 172 valence electrons. The number of amides is 2. The van der Waals surface area contributed by atoms with E-state index in [9.17, 15) is 14.4 Å². The average Bonchev–Trinajstić information content (AvgIpc) is 2.74. The average molecular weight is 435 g/mol. The van der Waals surface area contributed by atoms with Crippen LogP contribution < -0.4 is 5.32 Å². The van der Waals surface area contributed by atoms with E-state index >= 15 is 0 Å². The van der Waals surface area contributed by atoms with E-state index in [1.807, 2.05) is 51.1 Å². The molecule has 0 aromatic heterocycles. The molecule has 2 rings (SSSR count). The number of rotatable bonds is 7. The molecule has 1 N–H and O–H groups in total. The molecular formula is C23H34N2O6. The lowest BCUT2D eigenvalue weighted by Gasteiger charge is -2.33. The molecule has 1 aliphatic heterocycles. The Balaban J connectivity index is 1.77. The first-order chi connectivity index (χ1) is 14.7. The standard InChI is InChI=1S/C23H34N2O6/c1-23(2,3)31-22(28)25-14-12-17(13-15-25)10-11-19(20(26)29-4)24-21(27)30-16-18-8-6-5-7-9-18/h5-9,17,19H,10-16H2,1-4H3,(H,24,27). The van der Waals surface area contributed by atoms with Gasteiger partial charge >= 0.3 is 18.2 Å². The maximum atomic E-state index is 12.2. The Morgan fingerprint density at radius 3 is 2.35 bits per heavy atom. The van der Waals surface area contributed by atoms with E-state index in [1.165, 1.54) is 7.11 Å². The first kappa shape index (κ1) is 24.5. The summed E-state index contributed by atoms with van der Waals surface area (Å²) < 4.78 is 15.5. The molecule has 8 nitrogen and oxygen atoms in total. The predicted molar refractivity (Wildman–Crippen MR) is 115 cm³/mol. The van der Waals surface area contributed by atoms with Crippen LogP contribution in [0.25, 0.3) is 0 Å². The van der Waals surface area contributed by atoms with Crippen LogP contribution in [0.5, 0.6) is 0 Å². The van der Waals surface area contributed by atoms with Gasteiger partial charge in [0.05, 0.1) is 7.11 Å². The van der Waals surface area contributed by atoms with Crippen LogP contribution in [0.3, 0.4) is 0 Å². The Morgan fingerprint density at radius 1 is 1.13 bits per heavy atom. The molecule has 1 unspecified atom stereocenters. The first-order valence-electron chi connectivity index (χ1n) is 10.7. The van der Waals surface area contributed by atoms with Crippen LogP contribution in [0.2, 0.25) is 0 Å². The summed E-state index contributed by atoms with van der Waals surface area (Å²) >= 11 is 0. The van der Waals surface area contributed by atoms with Gasteiger partial charge in [-0.05, 0) is 57.9 Å². The van der Waals surface area contributed by atoms with Gasteiger partial charge in [0, 0.05) is 13.1 Å². The van der Waals surface area contributed by atoms with Crippen LogP contribution in [0.1, 0.15) is 52.0 Å². The van der Waals surface area contributed by atoms with E-state index in [-0.39, 0.29) is 12.7 Å². The minimum Gasteiger partial charge on any atom is -0.467 e. The van der Waals surface area contributed by atoms with E-state index in [2.05, 4.69) is 5.32 Å². The molecule has 1 saturated heterocycles. The van der Waals surface area contributed by atoms with Crippen LogP contribution in [0.4, 0.5) is 9.59 Å². The fourth-order valence-electron chi connectivity index (χ4n) is 3.43. The molecule has 0 aliphatic carbocycles. The third-order valence-electron chi connectivity index (χ3n) is 5.12. The van der Waals surface area contributed by atoms with Crippen molar-refractivity contribution in [1.82, 2.24) is 10.2 Å². The highest BCUT2D eigenvalue weighted by Gasteiger charge is 2.29. The van der Waals surface area contributed by atoms with Gasteiger partial charge in [0.25, 0.3) is 0 Å². The van der Waals surface area contributed by atoms with Gasteiger partial charge in [-0.25, -0.2) is 14.4 Å². The molecule has 8 heteroatoms. The number of benzene rings is 1. The number of piperidine rings is 1. The number of carbonyl (C=O) groups excluding carboxylic acids is 3. The smallest absolute Gasteiger partial charge is 0.410 e. The third-order valence-corrected chi connectivity index (χ3v) is 5.12. The normalized spacial score (nSPS) is 15.7. The van der Waals surface area contributed by atoms with Crippen molar-refractivity contribution in [3.05, 3.63) is 35.9 Å². The Bertz CT molecular complexity index is 723. The highest BCUT2D eigenvalue weighted by atomic mass is 16.6. The van der Waals surface area contributed by atoms with Crippen LogP contribution in [0, 0.1) is 5.92 Å². The molecule has 2 amide bonds. The van der Waals surface area contributed by atoms with Gasteiger partial charge in [-0.3, -0.25) is 0 Å². The maximum Gasteiger partial charge on any atom is 0.410 e. The lowest BCUT2D eigenvalue weighted by atomic mass is 9.90. The van der Waals surface area contributed by atoms with Crippen molar-refractivity contribution in [3.8, 4) is 0 Å². The number of nitrogens with one attached hydrogen (secondary N) is 1. The summed E-state index contributed by atoms with van der Waals surface area (Å²) in [5.74, 6) is -0.143.